The Labute approximate surface area is 438 Å². The summed E-state index contributed by atoms with van der Waals surface area (Å²) in [5.41, 5.74) is -5.04. The zero-order valence-corrected chi connectivity index (χ0v) is 47.6. The average molecular weight is 1140 g/mol. The number of rotatable bonds is 51. The van der Waals surface area contributed by atoms with E-state index in [1.165, 1.54) is 77.0 Å². The lowest BCUT2D eigenvalue weighted by molar-refractivity contribution is -0.890. The van der Waals surface area contributed by atoms with Crippen LogP contribution in [0.1, 0.15) is 135 Å². The van der Waals surface area contributed by atoms with E-state index in [1.54, 1.807) is 0 Å². The van der Waals surface area contributed by atoms with Gasteiger partial charge < -0.3 is 69.9 Å². The predicted octanol–water partition coefficient (Wildman–Crippen LogP) is 0.703. The fraction of sp³-hybridized carbons (Fsp3) is 1.00. The van der Waals surface area contributed by atoms with Gasteiger partial charge in [0.05, 0.1) is 109 Å². The van der Waals surface area contributed by atoms with Gasteiger partial charge in [-0.05, 0) is 50.6 Å². The molecule has 0 saturated heterocycles. The summed E-state index contributed by atoms with van der Waals surface area (Å²) in [4.78, 5) is 0. The number of unbranched alkanes of at least 4 members (excludes halogenated alkanes) is 15. The molecule has 23 nitrogen and oxygen atoms in total. The monoisotopic (exact) mass is 1140 g/mol. The van der Waals surface area contributed by atoms with Crippen LogP contribution in [-0.4, -0.2) is 238 Å². The summed E-state index contributed by atoms with van der Waals surface area (Å²) in [6, 6.07) is -0.00566. The van der Waals surface area contributed by atoms with Crippen LogP contribution in [0.3, 0.4) is 0 Å². The SMILES string of the molecule is CCCCCCCCCCCCCCCCCC[N+](C)(C)CCC[Si](CCC(CO)(CO)CCC(O)CS(=O)(=O)O)(OCC(CO)(CO)NCC(O)CS(=O)(=O)O)OCC(CO)(CO)NCC(O)CS(=O)(=O)O. The molecule has 0 aromatic rings. The van der Waals surface area contributed by atoms with Crippen LogP contribution < -0.4 is 10.6 Å². The van der Waals surface area contributed by atoms with Crippen molar-refractivity contribution < 1.29 is 98.2 Å². The molecule has 0 aromatic carbocycles. The van der Waals surface area contributed by atoms with Crippen LogP contribution in [0.2, 0.25) is 12.1 Å². The van der Waals surface area contributed by atoms with Crippen molar-refractivity contribution in [1.29, 1.82) is 0 Å². The van der Waals surface area contributed by atoms with E-state index in [-0.39, 0.29) is 31.4 Å². The molecular formula is C46H100N3O20S3Si+. The normalized spacial score (nSPS) is 15.7. The summed E-state index contributed by atoms with van der Waals surface area (Å²) in [5, 5.41) is 100. The van der Waals surface area contributed by atoms with Crippen molar-refractivity contribution in [3.63, 3.8) is 0 Å². The third kappa shape index (κ3) is 35.5. The van der Waals surface area contributed by atoms with Crippen molar-refractivity contribution in [2.45, 2.75) is 177 Å². The van der Waals surface area contributed by atoms with E-state index in [0.717, 1.165) is 32.2 Å². The Bertz CT molecular complexity index is 1590. The lowest BCUT2D eigenvalue weighted by Gasteiger charge is -2.42. The minimum absolute atomic E-state index is 0.114. The molecule has 14 N–H and O–H groups in total. The first kappa shape index (κ1) is 72.4. The van der Waals surface area contributed by atoms with Crippen LogP contribution in [0.5, 0.6) is 0 Å². The van der Waals surface area contributed by atoms with Gasteiger partial charge in [-0.25, -0.2) is 0 Å². The van der Waals surface area contributed by atoms with Gasteiger partial charge in [-0.2, -0.15) is 25.3 Å². The van der Waals surface area contributed by atoms with Gasteiger partial charge in [0, 0.05) is 18.5 Å². The van der Waals surface area contributed by atoms with Crippen molar-refractivity contribution in [3.05, 3.63) is 0 Å². The van der Waals surface area contributed by atoms with Crippen LogP contribution >= 0.6 is 0 Å². The van der Waals surface area contributed by atoms with E-state index in [0.29, 0.717) is 17.4 Å². The molecule has 0 fully saturated rings. The summed E-state index contributed by atoms with van der Waals surface area (Å²) >= 11 is 0. The topological polar surface area (TPSA) is 388 Å². The standard InChI is InChI=1S/C46H99N3O20S3Si/c1-4-5-6-7-8-9-10-11-12-13-14-15-16-17-18-19-24-49(2,3)25-20-26-73(27-23-44(33-50,34-51)22-21-41(56)30-70(59,60)61,68-39-45(35-52,36-53)47-28-42(57)31-71(62,63)64)69-40-46(37-54,38-55)48-29-43(58)32-72(65,66)67/h41-43,47-48,50-58H,4-40H2,1-3H3,(H2-,59,60,61,62,63,64,65,66,67)/p+1. The Morgan fingerprint density at radius 1 is 0.479 bits per heavy atom. The molecule has 73 heavy (non-hydrogen) atoms. The quantitative estimate of drug-likeness (QED) is 0.0173. The van der Waals surface area contributed by atoms with Gasteiger partial charge >= 0.3 is 8.56 Å². The van der Waals surface area contributed by atoms with Crippen LogP contribution in [0.4, 0.5) is 0 Å². The minimum Gasteiger partial charge on any atom is -0.396 e. The molecule has 0 spiro atoms. The van der Waals surface area contributed by atoms with Gasteiger partial charge in [-0.3, -0.25) is 13.7 Å². The number of quaternary nitrogens is 1. The van der Waals surface area contributed by atoms with Gasteiger partial charge in [0.15, 0.2) is 0 Å². The number of β-amino-alcohol motifs (C(OH)–C–C–N with tert-alkyl or cyclic N) is 2. The van der Waals surface area contributed by atoms with Crippen LogP contribution in [0, 0.1) is 5.41 Å². The number of hydrogen-bond donors (Lipinski definition) is 14. The maximum absolute atomic E-state index is 11.5. The van der Waals surface area contributed by atoms with Gasteiger partial charge in [0.2, 0.25) is 0 Å². The zero-order valence-electron chi connectivity index (χ0n) is 44.2. The zero-order chi connectivity index (χ0) is 55.7. The highest BCUT2D eigenvalue weighted by molar-refractivity contribution is 7.86. The number of aliphatic hydroxyl groups excluding tert-OH is 9. The molecule has 3 unspecified atom stereocenters. The first-order valence-corrected chi connectivity index (χ1v) is 33.3. The Kier molecular flexibility index (Phi) is 37.0. The summed E-state index contributed by atoms with van der Waals surface area (Å²) in [6.07, 6.45) is 14.6. The number of aliphatic hydroxyl groups is 9. The molecular weight excluding hydrogens is 1040 g/mol. The number of hydrogen-bond acceptors (Lipinski definition) is 19. The first-order valence-electron chi connectivity index (χ1n) is 26.2. The predicted molar refractivity (Wildman–Crippen MR) is 281 cm³/mol. The molecule has 440 valence electrons. The molecule has 0 bridgehead atoms. The second kappa shape index (κ2) is 37.3. The highest BCUT2D eigenvalue weighted by atomic mass is 32.2. The fourth-order valence-electron chi connectivity index (χ4n) is 8.60. The Balaban J connectivity index is 6.61. The molecule has 0 rings (SSSR count). The molecule has 0 heterocycles. The fourth-order valence-corrected chi connectivity index (χ4v) is 14.1. The smallest absolute Gasteiger partial charge is 0.338 e. The van der Waals surface area contributed by atoms with Gasteiger partial charge in [0.1, 0.15) is 17.3 Å². The Morgan fingerprint density at radius 2 is 0.822 bits per heavy atom. The van der Waals surface area contributed by atoms with E-state index >= 15 is 0 Å². The van der Waals surface area contributed by atoms with Crippen molar-refractivity contribution in [1.82, 2.24) is 10.6 Å². The third-order valence-corrected chi connectivity index (χ3v) is 19.6. The molecule has 3 atom stereocenters. The van der Waals surface area contributed by atoms with Crippen LogP contribution in [-0.2, 0) is 39.2 Å². The number of nitrogens with one attached hydrogen (secondary N) is 2. The number of nitrogens with zero attached hydrogens (tertiary/aromatic N) is 1. The largest absolute Gasteiger partial charge is 0.396 e. The average Bonchev–Trinajstić information content (AvgIpc) is 3.30. The van der Waals surface area contributed by atoms with E-state index in [1.807, 2.05) is 0 Å². The third-order valence-electron chi connectivity index (χ3n) is 13.7. The summed E-state index contributed by atoms with van der Waals surface area (Å²) in [7, 11) is -13.8. The Morgan fingerprint density at radius 3 is 1.16 bits per heavy atom. The van der Waals surface area contributed by atoms with Gasteiger partial charge in [-0.15, -0.1) is 0 Å². The van der Waals surface area contributed by atoms with Crippen molar-refractivity contribution in [2.75, 3.05) is 110 Å². The van der Waals surface area contributed by atoms with E-state index in [2.05, 4.69) is 31.7 Å². The van der Waals surface area contributed by atoms with E-state index < -0.39 is 157 Å². The lowest BCUT2D eigenvalue weighted by Crippen LogP contribution is -2.62. The molecule has 0 saturated carbocycles. The minimum atomic E-state index is -4.64. The Hall–Kier alpha value is -0.613. The van der Waals surface area contributed by atoms with Gasteiger partial charge in [0.25, 0.3) is 30.4 Å². The molecule has 0 aliphatic rings. The summed E-state index contributed by atoms with van der Waals surface area (Å²) in [5.74, 6) is -3.17. The molecule has 0 radical (unpaired) electrons. The maximum atomic E-state index is 11.5. The highest BCUT2D eigenvalue weighted by Crippen LogP contribution is 2.36. The molecule has 0 aliphatic heterocycles. The molecule has 0 amide bonds. The van der Waals surface area contributed by atoms with E-state index in [9.17, 15) is 84.9 Å². The second-order valence-electron chi connectivity index (χ2n) is 21.3. The lowest BCUT2D eigenvalue weighted by atomic mass is 9.81. The van der Waals surface area contributed by atoms with Gasteiger partial charge in [-0.1, -0.05) is 96.8 Å². The maximum Gasteiger partial charge on any atom is 0.338 e. The van der Waals surface area contributed by atoms with Crippen LogP contribution in [0.15, 0.2) is 0 Å². The summed E-state index contributed by atoms with van der Waals surface area (Å²) in [6.45, 7) is -3.52. The van der Waals surface area contributed by atoms with Crippen molar-refractivity contribution in [3.8, 4) is 0 Å². The van der Waals surface area contributed by atoms with Crippen LogP contribution in [0.25, 0.3) is 0 Å². The first-order chi connectivity index (χ1) is 34.1. The van der Waals surface area contributed by atoms with Crippen molar-refractivity contribution >= 4 is 38.9 Å². The molecule has 27 heteroatoms. The summed E-state index contributed by atoms with van der Waals surface area (Å²) < 4.78 is 111. The molecule has 0 aromatic heterocycles. The highest BCUT2D eigenvalue weighted by Gasteiger charge is 2.46. The van der Waals surface area contributed by atoms with E-state index in [4.69, 9.17) is 8.85 Å². The molecule has 0 aliphatic carbocycles. The second-order valence-corrected chi connectivity index (χ2v) is 29.2. The van der Waals surface area contributed by atoms with Crippen molar-refractivity contribution in [2.24, 2.45) is 5.41 Å².